The predicted octanol–water partition coefficient (Wildman–Crippen LogP) is 5.81. The van der Waals surface area contributed by atoms with E-state index in [0.29, 0.717) is 23.0 Å². The molecule has 0 aromatic heterocycles. The third-order valence-corrected chi connectivity index (χ3v) is 4.91. The fourth-order valence-corrected chi connectivity index (χ4v) is 3.06. The normalized spacial score (nSPS) is 11.7. The standard InChI is InChI=1S/C18H24BrNOS/c1-3-5-7-14(4-2)13-21-18(22)11-10-16-15(12-20)8-6-9-17(16)19/h6,8-9,14H,3-5,7,10-11,13H2,1-2H3. The van der Waals surface area contributed by atoms with Crippen LogP contribution in [0.3, 0.4) is 0 Å². The van der Waals surface area contributed by atoms with Crippen molar-refractivity contribution in [3.63, 3.8) is 0 Å². The number of halogens is 1. The molecule has 0 N–H and O–H groups in total. The summed E-state index contributed by atoms with van der Waals surface area (Å²) in [7, 11) is 0. The molecule has 1 aromatic rings. The molecule has 1 unspecified atom stereocenters. The van der Waals surface area contributed by atoms with Crippen molar-refractivity contribution in [3.05, 3.63) is 33.8 Å². The van der Waals surface area contributed by atoms with Gasteiger partial charge in [-0.2, -0.15) is 5.26 Å². The zero-order valence-electron chi connectivity index (χ0n) is 13.4. The molecule has 0 aliphatic heterocycles. The van der Waals surface area contributed by atoms with Crippen LogP contribution in [0.1, 0.15) is 57.1 Å². The van der Waals surface area contributed by atoms with Crippen LogP contribution in [0.15, 0.2) is 22.7 Å². The maximum atomic E-state index is 9.16. The van der Waals surface area contributed by atoms with Crippen LogP contribution in [-0.4, -0.2) is 11.7 Å². The fourth-order valence-electron chi connectivity index (χ4n) is 2.33. The summed E-state index contributed by atoms with van der Waals surface area (Å²) >= 11 is 8.84. The van der Waals surface area contributed by atoms with E-state index in [0.717, 1.165) is 29.5 Å². The van der Waals surface area contributed by atoms with Crippen molar-refractivity contribution in [2.24, 2.45) is 5.92 Å². The molecule has 120 valence electrons. The maximum absolute atomic E-state index is 9.16. The van der Waals surface area contributed by atoms with Gasteiger partial charge in [-0.3, -0.25) is 0 Å². The SMILES string of the molecule is CCCCC(CC)COC(=S)CCc1c(Br)cccc1C#N. The van der Waals surface area contributed by atoms with Crippen molar-refractivity contribution in [1.82, 2.24) is 0 Å². The molecule has 4 heteroatoms. The summed E-state index contributed by atoms with van der Waals surface area (Å²) in [6.45, 7) is 5.13. The minimum Gasteiger partial charge on any atom is -0.487 e. The largest absolute Gasteiger partial charge is 0.487 e. The van der Waals surface area contributed by atoms with E-state index in [-0.39, 0.29) is 0 Å². The zero-order chi connectivity index (χ0) is 16.4. The molecule has 22 heavy (non-hydrogen) atoms. The second-order valence-corrected chi connectivity index (χ2v) is 6.79. The number of ether oxygens (including phenoxy) is 1. The molecule has 0 bridgehead atoms. The minimum atomic E-state index is 0.594. The fraction of sp³-hybridized carbons (Fsp3) is 0.556. The highest BCUT2D eigenvalue weighted by atomic mass is 79.9. The molecule has 0 aliphatic carbocycles. The van der Waals surface area contributed by atoms with E-state index < -0.39 is 0 Å². The lowest BCUT2D eigenvalue weighted by atomic mass is 10.0. The van der Waals surface area contributed by atoms with E-state index in [1.807, 2.05) is 18.2 Å². The predicted molar refractivity (Wildman–Crippen MR) is 99.0 cm³/mol. The molecule has 0 heterocycles. The third-order valence-electron chi connectivity index (χ3n) is 3.84. The Kier molecular flexibility index (Phi) is 9.34. The Balaban J connectivity index is 2.45. The van der Waals surface area contributed by atoms with Gasteiger partial charge in [-0.25, -0.2) is 0 Å². The number of unbranched alkanes of at least 4 members (excludes halogenated alkanes) is 1. The molecule has 0 amide bonds. The second kappa shape index (κ2) is 10.7. The molecular formula is C18H24BrNOS. The molecular weight excluding hydrogens is 358 g/mol. The van der Waals surface area contributed by atoms with Crippen LogP contribution in [-0.2, 0) is 11.2 Å². The molecule has 0 spiro atoms. The van der Waals surface area contributed by atoms with Gasteiger partial charge in [0.2, 0.25) is 0 Å². The van der Waals surface area contributed by atoms with E-state index in [4.69, 9.17) is 22.2 Å². The number of thiocarbonyl (C=S) groups is 1. The third kappa shape index (κ3) is 6.46. The summed E-state index contributed by atoms with van der Waals surface area (Å²) in [4.78, 5) is 0. The van der Waals surface area contributed by atoms with E-state index >= 15 is 0 Å². The molecule has 0 saturated carbocycles. The van der Waals surface area contributed by atoms with Gasteiger partial charge < -0.3 is 4.74 Å². The average molecular weight is 382 g/mol. The van der Waals surface area contributed by atoms with E-state index in [2.05, 4.69) is 35.8 Å². The zero-order valence-corrected chi connectivity index (χ0v) is 15.8. The highest BCUT2D eigenvalue weighted by Crippen LogP contribution is 2.22. The number of benzene rings is 1. The Hall–Kier alpha value is -0.920. The van der Waals surface area contributed by atoms with Crippen molar-refractivity contribution in [1.29, 1.82) is 5.26 Å². The van der Waals surface area contributed by atoms with Crippen LogP contribution >= 0.6 is 28.1 Å². The monoisotopic (exact) mass is 381 g/mol. The lowest BCUT2D eigenvalue weighted by molar-refractivity contribution is 0.223. The smallest absolute Gasteiger partial charge is 0.160 e. The van der Waals surface area contributed by atoms with Crippen molar-refractivity contribution in [3.8, 4) is 6.07 Å². The molecule has 1 atom stereocenters. The molecule has 0 aliphatic rings. The van der Waals surface area contributed by atoms with Gasteiger partial charge >= 0.3 is 0 Å². The summed E-state index contributed by atoms with van der Waals surface area (Å²) in [5.41, 5.74) is 1.71. The van der Waals surface area contributed by atoms with Crippen LogP contribution in [0.4, 0.5) is 0 Å². The van der Waals surface area contributed by atoms with Crippen LogP contribution in [0.2, 0.25) is 0 Å². The van der Waals surface area contributed by atoms with E-state index in [1.54, 1.807) is 0 Å². The number of hydrogen-bond donors (Lipinski definition) is 0. The highest BCUT2D eigenvalue weighted by Gasteiger charge is 2.10. The Morgan fingerprint density at radius 2 is 2.18 bits per heavy atom. The summed E-state index contributed by atoms with van der Waals surface area (Å²) in [6, 6.07) is 7.90. The maximum Gasteiger partial charge on any atom is 0.160 e. The van der Waals surface area contributed by atoms with Gasteiger partial charge in [0.15, 0.2) is 5.05 Å². The first-order valence-electron chi connectivity index (χ1n) is 7.95. The minimum absolute atomic E-state index is 0.594. The summed E-state index contributed by atoms with van der Waals surface area (Å²) in [6.07, 6.45) is 6.21. The van der Waals surface area contributed by atoms with Crippen molar-refractivity contribution in [2.75, 3.05) is 6.61 Å². The summed E-state index contributed by atoms with van der Waals surface area (Å²) in [5.74, 6) is 0.594. The highest BCUT2D eigenvalue weighted by molar-refractivity contribution is 9.10. The molecule has 0 fully saturated rings. The lowest BCUT2D eigenvalue weighted by Gasteiger charge is -2.16. The van der Waals surface area contributed by atoms with Gasteiger partial charge in [0.1, 0.15) is 0 Å². The number of nitrogens with zero attached hydrogens (tertiary/aromatic N) is 1. The number of nitriles is 1. The van der Waals surface area contributed by atoms with Gasteiger partial charge in [0.25, 0.3) is 0 Å². The first kappa shape index (κ1) is 19.1. The van der Waals surface area contributed by atoms with Gasteiger partial charge in [0.05, 0.1) is 18.2 Å². The van der Waals surface area contributed by atoms with Gasteiger partial charge in [-0.05, 0) is 48.7 Å². The van der Waals surface area contributed by atoms with Crippen LogP contribution in [0.25, 0.3) is 0 Å². The molecule has 2 nitrogen and oxygen atoms in total. The Bertz CT molecular complexity index is 524. The quantitative estimate of drug-likeness (QED) is 0.505. The molecule has 0 radical (unpaired) electrons. The Morgan fingerprint density at radius 1 is 1.41 bits per heavy atom. The van der Waals surface area contributed by atoms with Crippen LogP contribution < -0.4 is 0 Å². The first-order valence-corrected chi connectivity index (χ1v) is 9.15. The topological polar surface area (TPSA) is 33.0 Å². The van der Waals surface area contributed by atoms with Crippen molar-refractivity contribution >= 4 is 33.2 Å². The average Bonchev–Trinajstić information content (AvgIpc) is 2.53. The Labute approximate surface area is 148 Å². The summed E-state index contributed by atoms with van der Waals surface area (Å²) < 4.78 is 6.72. The first-order chi connectivity index (χ1) is 10.6. The van der Waals surface area contributed by atoms with Crippen LogP contribution in [0, 0.1) is 17.2 Å². The van der Waals surface area contributed by atoms with Crippen molar-refractivity contribution in [2.45, 2.75) is 52.4 Å². The summed E-state index contributed by atoms with van der Waals surface area (Å²) in [5, 5.41) is 9.81. The molecule has 1 rings (SSSR count). The van der Waals surface area contributed by atoms with E-state index in [1.165, 1.54) is 19.3 Å². The van der Waals surface area contributed by atoms with Gasteiger partial charge in [-0.15, -0.1) is 0 Å². The molecule has 0 saturated heterocycles. The molecule has 1 aromatic carbocycles. The van der Waals surface area contributed by atoms with Crippen LogP contribution in [0.5, 0.6) is 0 Å². The van der Waals surface area contributed by atoms with Gasteiger partial charge in [0, 0.05) is 10.9 Å². The Morgan fingerprint density at radius 3 is 2.82 bits per heavy atom. The number of hydrogen-bond acceptors (Lipinski definition) is 3. The lowest BCUT2D eigenvalue weighted by Crippen LogP contribution is -2.13. The number of rotatable bonds is 9. The second-order valence-electron chi connectivity index (χ2n) is 5.48. The van der Waals surface area contributed by atoms with Crippen molar-refractivity contribution < 1.29 is 4.74 Å². The van der Waals surface area contributed by atoms with E-state index in [9.17, 15) is 0 Å². The van der Waals surface area contributed by atoms with Gasteiger partial charge in [-0.1, -0.05) is 55.1 Å².